The van der Waals surface area contributed by atoms with Crippen molar-refractivity contribution >= 4 is 23.7 Å². The average molecular weight is 483 g/mol. The molecule has 1 aliphatic heterocycles. The number of ether oxygens (including phenoxy) is 3. The Morgan fingerprint density at radius 3 is 1.89 bits per heavy atom. The second kappa shape index (κ2) is 9.31. The third-order valence-corrected chi connectivity index (χ3v) is 7.21. The fraction of sp³-hybridized carbons (Fsp3) is 0.103. The van der Waals surface area contributed by atoms with Crippen LogP contribution < -0.4 is 4.74 Å². The summed E-state index contributed by atoms with van der Waals surface area (Å²) in [6, 6.07) is 25.3. The van der Waals surface area contributed by atoms with Crippen molar-refractivity contribution in [2.24, 2.45) is 0 Å². The molecular weight excluding hydrogens is 460 g/mol. The van der Waals surface area contributed by atoms with Crippen molar-refractivity contribution in [2.45, 2.75) is 9.79 Å². The minimum atomic E-state index is -0.610. The molecule has 0 saturated heterocycles. The summed E-state index contributed by atoms with van der Waals surface area (Å²) >= 11 is 1.66. The molecule has 6 heteroatoms. The van der Waals surface area contributed by atoms with Gasteiger partial charge in [-0.1, -0.05) is 60.3 Å². The molecule has 0 saturated carbocycles. The molecule has 0 atom stereocenters. The molecule has 0 fully saturated rings. The molecule has 0 amide bonds. The van der Waals surface area contributed by atoms with E-state index in [1.54, 1.807) is 24.9 Å². The Morgan fingerprint density at radius 2 is 1.26 bits per heavy atom. The van der Waals surface area contributed by atoms with Crippen LogP contribution in [0.2, 0.25) is 0 Å². The van der Waals surface area contributed by atoms with Crippen LogP contribution in [0.25, 0.3) is 33.4 Å². The summed E-state index contributed by atoms with van der Waals surface area (Å²) in [4.78, 5) is 28.4. The van der Waals surface area contributed by atoms with Crippen LogP contribution in [0.3, 0.4) is 0 Å². The van der Waals surface area contributed by atoms with Gasteiger partial charge in [0.1, 0.15) is 5.75 Å². The zero-order valence-electron chi connectivity index (χ0n) is 19.5. The second-order valence-electron chi connectivity index (χ2n) is 7.90. The number of rotatable bonds is 4. The molecule has 0 N–H and O–H groups in total. The molecule has 0 unspecified atom stereocenters. The van der Waals surface area contributed by atoms with Crippen molar-refractivity contribution in [1.29, 1.82) is 0 Å². The van der Waals surface area contributed by atoms with Crippen molar-refractivity contribution in [1.82, 2.24) is 0 Å². The van der Waals surface area contributed by atoms with Gasteiger partial charge < -0.3 is 14.2 Å². The molecule has 1 aliphatic rings. The Morgan fingerprint density at radius 1 is 0.657 bits per heavy atom. The maximum Gasteiger partial charge on any atom is 0.339 e. The molecule has 0 aromatic heterocycles. The van der Waals surface area contributed by atoms with Gasteiger partial charge >= 0.3 is 11.9 Å². The zero-order chi connectivity index (χ0) is 24.5. The van der Waals surface area contributed by atoms with Crippen molar-refractivity contribution in [3.05, 3.63) is 90.0 Å². The van der Waals surface area contributed by atoms with E-state index in [-0.39, 0.29) is 11.1 Å². The predicted molar refractivity (Wildman–Crippen MR) is 136 cm³/mol. The summed E-state index contributed by atoms with van der Waals surface area (Å²) < 4.78 is 15.6. The van der Waals surface area contributed by atoms with E-state index < -0.39 is 11.9 Å². The number of benzene rings is 4. The number of fused-ring (bicyclic) bond motifs is 5. The standard InChI is InChI=1S/C29H22O5S/c1-32-18-14-12-17(13-15-18)25-26-20-9-5-7-11-24(20)35-23-10-6-4-8-19(23)21(26)16-22(28(30)33-2)27(25)29(31)34-3/h4-16H,1-3H3. The van der Waals surface area contributed by atoms with Gasteiger partial charge in [0, 0.05) is 15.4 Å². The first-order valence-corrected chi connectivity index (χ1v) is 11.8. The molecule has 1 heterocycles. The highest BCUT2D eigenvalue weighted by Crippen LogP contribution is 2.52. The van der Waals surface area contributed by atoms with Crippen molar-refractivity contribution in [3.63, 3.8) is 0 Å². The van der Waals surface area contributed by atoms with Gasteiger partial charge in [-0.2, -0.15) is 0 Å². The van der Waals surface area contributed by atoms with Crippen LogP contribution in [0.15, 0.2) is 88.7 Å². The summed E-state index contributed by atoms with van der Waals surface area (Å²) in [5, 5.41) is 0. The Hall–Kier alpha value is -4.03. The van der Waals surface area contributed by atoms with Crippen LogP contribution in [0.5, 0.6) is 5.75 Å². The fourth-order valence-corrected chi connectivity index (χ4v) is 5.56. The molecule has 174 valence electrons. The zero-order valence-corrected chi connectivity index (χ0v) is 20.3. The van der Waals surface area contributed by atoms with E-state index in [1.807, 2.05) is 60.7 Å². The summed E-state index contributed by atoms with van der Waals surface area (Å²) in [7, 11) is 4.22. The third kappa shape index (κ3) is 3.86. The lowest BCUT2D eigenvalue weighted by atomic mass is 9.82. The van der Waals surface area contributed by atoms with Crippen molar-refractivity contribution < 1.29 is 23.8 Å². The maximum atomic E-state index is 13.2. The fourth-order valence-electron chi connectivity index (χ4n) is 4.47. The van der Waals surface area contributed by atoms with E-state index in [1.165, 1.54) is 14.2 Å². The average Bonchev–Trinajstić information content (AvgIpc) is 3.05. The van der Waals surface area contributed by atoms with Gasteiger partial charge in [-0.15, -0.1) is 0 Å². The third-order valence-electron chi connectivity index (χ3n) is 6.05. The van der Waals surface area contributed by atoms with Gasteiger partial charge in [0.05, 0.1) is 32.5 Å². The first-order chi connectivity index (χ1) is 17.1. The molecule has 0 radical (unpaired) electrons. The number of carbonyl (C=O) groups is 2. The second-order valence-corrected chi connectivity index (χ2v) is 8.99. The van der Waals surface area contributed by atoms with Gasteiger partial charge in [-0.05, 0) is 58.1 Å². The first-order valence-electron chi connectivity index (χ1n) is 11.0. The van der Waals surface area contributed by atoms with Crippen LogP contribution in [0, 0.1) is 0 Å². The molecule has 35 heavy (non-hydrogen) atoms. The normalized spacial score (nSPS) is 11.4. The van der Waals surface area contributed by atoms with Crippen molar-refractivity contribution in [2.75, 3.05) is 21.3 Å². The minimum absolute atomic E-state index is 0.156. The molecule has 5 nitrogen and oxygen atoms in total. The van der Waals surface area contributed by atoms with Crippen LogP contribution >= 0.6 is 11.8 Å². The Kier molecular flexibility index (Phi) is 6.05. The molecule has 4 aromatic carbocycles. The highest BCUT2D eigenvalue weighted by molar-refractivity contribution is 7.99. The molecule has 0 aliphatic carbocycles. The summed E-state index contributed by atoms with van der Waals surface area (Å²) in [5.41, 5.74) is 5.34. The monoisotopic (exact) mass is 482 g/mol. The number of carbonyl (C=O) groups excluding carboxylic acids is 2. The van der Waals surface area contributed by atoms with E-state index in [0.29, 0.717) is 11.3 Å². The molecule has 4 aromatic rings. The maximum absolute atomic E-state index is 13.2. The molecule has 5 rings (SSSR count). The van der Waals surface area contributed by atoms with Crippen LogP contribution in [-0.4, -0.2) is 33.3 Å². The minimum Gasteiger partial charge on any atom is -0.497 e. The number of esters is 2. The molecule has 0 spiro atoms. The Balaban J connectivity index is 2.01. The van der Waals surface area contributed by atoms with E-state index >= 15 is 0 Å². The lowest BCUT2D eigenvalue weighted by Crippen LogP contribution is -2.15. The number of hydrogen-bond acceptors (Lipinski definition) is 6. The molecular formula is C29H22O5S. The van der Waals surface area contributed by atoms with E-state index in [0.717, 1.165) is 37.6 Å². The van der Waals surface area contributed by atoms with Gasteiger partial charge in [-0.25, -0.2) is 9.59 Å². The smallest absolute Gasteiger partial charge is 0.339 e. The van der Waals surface area contributed by atoms with Gasteiger partial charge in [-0.3, -0.25) is 0 Å². The summed E-state index contributed by atoms with van der Waals surface area (Å²) in [6.45, 7) is 0. The summed E-state index contributed by atoms with van der Waals surface area (Å²) in [5.74, 6) is -0.530. The highest BCUT2D eigenvalue weighted by atomic mass is 32.2. The predicted octanol–water partition coefficient (Wildman–Crippen LogP) is 6.73. The van der Waals surface area contributed by atoms with Gasteiger partial charge in [0.15, 0.2) is 0 Å². The highest BCUT2D eigenvalue weighted by Gasteiger charge is 2.32. The lowest BCUT2D eigenvalue weighted by molar-refractivity contribution is 0.0556. The number of hydrogen-bond donors (Lipinski definition) is 0. The van der Waals surface area contributed by atoms with E-state index in [9.17, 15) is 9.59 Å². The largest absolute Gasteiger partial charge is 0.497 e. The first kappa shape index (κ1) is 22.7. The van der Waals surface area contributed by atoms with Gasteiger partial charge in [0.2, 0.25) is 0 Å². The number of methoxy groups -OCH3 is 3. The van der Waals surface area contributed by atoms with Crippen LogP contribution in [0.1, 0.15) is 20.7 Å². The van der Waals surface area contributed by atoms with E-state index in [2.05, 4.69) is 12.1 Å². The molecule has 0 bridgehead atoms. The summed E-state index contributed by atoms with van der Waals surface area (Å²) in [6.07, 6.45) is 0. The van der Waals surface area contributed by atoms with E-state index in [4.69, 9.17) is 14.2 Å². The SMILES string of the molecule is COC(=O)c1cc2c(c(-c3ccc(OC)cc3)c1C(=O)OC)-c1ccccc1Sc1ccccc1-2. The van der Waals surface area contributed by atoms with Crippen LogP contribution in [-0.2, 0) is 9.47 Å². The van der Waals surface area contributed by atoms with Gasteiger partial charge in [0.25, 0.3) is 0 Å². The Labute approximate surface area is 207 Å². The Bertz CT molecular complexity index is 1460. The lowest BCUT2D eigenvalue weighted by Gasteiger charge is -2.21. The topological polar surface area (TPSA) is 61.8 Å². The van der Waals surface area contributed by atoms with Crippen molar-refractivity contribution in [3.8, 4) is 39.1 Å². The quantitative estimate of drug-likeness (QED) is 0.265. The van der Waals surface area contributed by atoms with Crippen LogP contribution in [0.4, 0.5) is 0 Å².